The summed E-state index contributed by atoms with van der Waals surface area (Å²) in [5.74, 6) is 0.335. The molecule has 0 amide bonds. The zero-order valence-electron chi connectivity index (χ0n) is 19.7. The highest BCUT2D eigenvalue weighted by Crippen LogP contribution is 2.30. The summed E-state index contributed by atoms with van der Waals surface area (Å²) in [6, 6.07) is 11.9. The normalized spacial score (nSPS) is 12.8. The van der Waals surface area contributed by atoms with Crippen LogP contribution in [0.1, 0.15) is 39.9 Å². The number of nitriles is 1. The number of halogens is 1. The fourth-order valence-corrected chi connectivity index (χ4v) is 4.82. The van der Waals surface area contributed by atoms with Gasteiger partial charge in [0, 0.05) is 30.4 Å². The van der Waals surface area contributed by atoms with Gasteiger partial charge in [0.1, 0.15) is 11.9 Å². The second-order valence-electron chi connectivity index (χ2n) is 9.18. The summed E-state index contributed by atoms with van der Waals surface area (Å²) in [5, 5.41) is 12.8. The number of hydrogen-bond acceptors (Lipinski definition) is 5. The number of fused-ring (bicyclic) bond motifs is 2. The maximum absolute atomic E-state index is 14.6. The van der Waals surface area contributed by atoms with E-state index in [9.17, 15) is 9.65 Å². The Balaban J connectivity index is 1.51. The summed E-state index contributed by atoms with van der Waals surface area (Å²) in [6.45, 7) is 3.29. The first-order valence-corrected chi connectivity index (χ1v) is 11.5. The SMILES string of the molecule is Cc1cc(-c2cnc(NCc3c(F)ccc4c3CCC4)n3cc(C#N)nc23)ccc1CN(C)C. The predicted molar refractivity (Wildman–Crippen MR) is 131 cm³/mol. The summed E-state index contributed by atoms with van der Waals surface area (Å²) in [7, 11) is 4.10. The molecule has 1 aliphatic rings. The molecular formula is C27H27FN6. The predicted octanol–water partition coefficient (Wildman–Crippen LogP) is 4.88. The van der Waals surface area contributed by atoms with Crippen LogP contribution in [0.4, 0.5) is 10.3 Å². The molecule has 5 rings (SSSR count). The number of anilines is 1. The van der Waals surface area contributed by atoms with E-state index in [1.54, 1.807) is 22.9 Å². The van der Waals surface area contributed by atoms with Crippen molar-refractivity contribution in [2.24, 2.45) is 0 Å². The lowest BCUT2D eigenvalue weighted by molar-refractivity contribution is 0.401. The van der Waals surface area contributed by atoms with Crippen molar-refractivity contribution in [3.05, 3.63) is 82.1 Å². The Labute approximate surface area is 198 Å². The van der Waals surface area contributed by atoms with Gasteiger partial charge in [0.25, 0.3) is 0 Å². The van der Waals surface area contributed by atoms with Crippen molar-refractivity contribution in [3.63, 3.8) is 0 Å². The van der Waals surface area contributed by atoms with Crippen molar-refractivity contribution in [1.82, 2.24) is 19.3 Å². The van der Waals surface area contributed by atoms with Crippen LogP contribution >= 0.6 is 0 Å². The van der Waals surface area contributed by atoms with Gasteiger partial charge in [-0.05, 0) is 74.2 Å². The van der Waals surface area contributed by atoms with Crippen LogP contribution in [0.2, 0.25) is 0 Å². The van der Waals surface area contributed by atoms with Gasteiger partial charge in [0.15, 0.2) is 11.3 Å². The van der Waals surface area contributed by atoms with Crippen LogP contribution in [-0.4, -0.2) is 33.4 Å². The monoisotopic (exact) mass is 454 g/mol. The van der Waals surface area contributed by atoms with E-state index in [1.807, 2.05) is 6.07 Å². The first-order valence-electron chi connectivity index (χ1n) is 11.5. The molecule has 0 unspecified atom stereocenters. The number of hydrogen-bond donors (Lipinski definition) is 1. The number of nitrogens with zero attached hydrogens (tertiary/aromatic N) is 5. The molecule has 0 saturated heterocycles. The van der Waals surface area contributed by atoms with E-state index < -0.39 is 0 Å². The molecule has 0 atom stereocenters. The van der Waals surface area contributed by atoms with Crippen LogP contribution in [0.5, 0.6) is 0 Å². The van der Waals surface area contributed by atoms with Crippen molar-refractivity contribution in [3.8, 4) is 17.2 Å². The summed E-state index contributed by atoms with van der Waals surface area (Å²) < 4.78 is 16.4. The van der Waals surface area contributed by atoms with Gasteiger partial charge in [-0.3, -0.25) is 4.40 Å². The van der Waals surface area contributed by atoms with E-state index in [-0.39, 0.29) is 5.82 Å². The largest absolute Gasteiger partial charge is 0.351 e. The number of benzene rings is 2. The van der Waals surface area contributed by atoms with Gasteiger partial charge in [-0.1, -0.05) is 24.3 Å². The molecule has 0 spiro atoms. The minimum absolute atomic E-state index is 0.197. The van der Waals surface area contributed by atoms with Crippen molar-refractivity contribution in [1.29, 1.82) is 5.26 Å². The molecule has 1 aliphatic carbocycles. The van der Waals surface area contributed by atoms with Gasteiger partial charge < -0.3 is 10.2 Å². The number of aryl methyl sites for hydroxylation is 2. The third-order valence-electron chi connectivity index (χ3n) is 6.51. The van der Waals surface area contributed by atoms with Crippen LogP contribution in [-0.2, 0) is 25.9 Å². The molecule has 2 heterocycles. The summed E-state index contributed by atoms with van der Waals surface area (Å²) in [4.78, 5) is 11.3. The molecule has 6 nitrogen and oxygen atoms in total. The highest BCUT2D eigenvalue weighted by atomic mass is 19.1. The lowest BCUT2D eigenvalue weighted by Gasteiger charge is -2.15. The molecule has 0 radical (unpaired) electrons. The van der Waals surface area contributed by atoms with Crippen LogP contribution in [0, 0.1) is 24.1 Å². The highest BCUT2D eigenvalue weighted by Gasteiger charge is 2.19. The van der Waals surface area contributed by atoms with Crippen molar-refractivity contribution < 1.29 is 4.39 Å². The number of imidazole rings is 1. The lowest BCUT2D eigenvalue weighted by atomic mass is 10.0. The van der Waals surface area contributed by atoms with Gasteiger partial charge in [-0.15, -0.1) is 0 Å². The molecule has 0 fully saturated rings. The third-order valence-corrected chi connectivity index (χ3v) is 6.51. The minimum Gasteiger partial charge on any atom is -0.351 e. The second-order valence-corrected chi connectivity index (χ2v) is 9.18. The van der Waals surface area contributed by atoms with E-state index in [1.165, 1.54) is 16.7 Å². The summed E-state index contributed by atoms with van der Waals surface area (Å²) >= 11 is 0. The van der Waals surface area contributed by atoms with Crippen LogP contribution < -0.4 is 5.32 Å². The maximum Gasteiger partial charge on any atom is 0.208 e. The molecule has 0 aliphatic heterocycles. The fraction of sp³-hybridized carbons (Fsp3) is 0.296. The van der Waals surface area contributed by atoms with Gasteiger partial charge in [-0.25, -0.2) is 14.4 Å². The number of rotatable bonds is 6. The lowest BCUT2D eigenvalue weighted by Crippen LogP contribution is -2.11. The molecule has 0 bridgehead atoms. The molecule has 4 aromatic rings. The molecule has 7 heteroatoms. The smallest absolute Gasteiger partial charge is 0.208 e. The van der Waals surface area contributed by atoms with Crippen LogP contribution in [0.25, 0.3) is 16.8 Å². The van der Waals surface area contributed by atoms with E-state index >= 15 is 0 Å². The van der Waals surface area contributed by atoms with E-state index in [0.717, 1.165) is 42.5 Å². The molecule has 34 heavy (non-hydrogen) atoms. The number of aromatic nitrogens is 3. The van der Waals surface area contributed by atoms with Gasteiger partial charge in [-0.2, -0.15) is 5.26 Å². The Morgan fingerprint density at radius 2 is 2.06 bits per heavy atom. The standard InChI is InChI=1S/C27H27FN6/c1-17-11-19(7-8-20(17)15-33(2)3)23-13-30-27(34-16-21(12-29)32-26(23)34)31-14-24-22-6-4-5-18(22)9-10-25(24)28/h7-11,13,16H,4-6,14-15H2,1-3H3,(H,30,31). The highest BCUT2D eigenvalue weighted by molar-refractivity contribution is 5.79. The van der Waals surface area contributed by atoms with Gasteiger partial charge in [0.2, 0.25) is 5.95 Å². The van der Waals surface area contributed by atoms with Crippen LogP contribution in [0.3, 0.4) is 0 Å². The maximum atomic E-state index is 14.6. The first kappa shape index (κ1) is 22.1. The van der Waals surface area contributed by atoms with Gasteiger partial charge >= 0.3 is 0 Å². The van der Waals surface area contributed by atoms with Crippen molar-refractivity contribution in [2.45, 2.75) is 39.3 Å². The third kappa shape index (κ3) is 4.02. The summed E-state index contributed by atoms with van der Waals surface area (Å²) in [5.41, 5.74) is 8.27. The Hall–Kier alpha value is -3.76. The second kappa shape index (κ2) is 8.88. The van der Waals surface area contributed by atoms with E-state index in [4.69, 9.17) is 0 Å². The topological polar surface area (TPSA) is 69.2 Å². The average Bonchev–Trinajstić information content (AvgIpc) is 3.46. The summed E-state index contributed by atoms with van der Waals surface area (Å²) in [6.07, 6.45) is 6.41. The minimum atomic E-state index is -0.197. The first-order chi connectivity index (χ1) is 16.4. The Morgan fingerprint density at radius 1 is 1.21 bits per heavy atom. The van der Waals surface area contributed by atoms with Gasteiger partial charge in [0.05, 0.1) is 6.20 Å². The Bertz CT molecular complexity index is 1430. The van der Waals surface area contributed by atoms with E-state index in [0.29, 0.717) is 29.4 Å². The Kier molecular flexibility index (Phi) is 5.76. The van der Waals surface area contributed by atoms with Crippen LogP contribution in [0.15, 0.2) is 42.7 Å². The molecular weight excluding hydrogens is 427 g/mol. The number of nitrogens with one attached hydrogen (secondary N) is 1. The van der Waals surface area contributed by atoms with Crippen molar-refractivity contribution >= 4 is 11.6 Å². The zero-order valence-corrected chi connectivity index (χ0v) is 19.7. The van der Waals surface area contributed by atoms with Crippen molar-refractivity contribution in [2.75, 3.05) is 19.4 Å². The quantitative estimate of drug-likeness (QED) is 0.450. The fourth-order valence-electron chi connectivity index (χ4n) is 4.82. The molecule has 2 aromatic heterocycles. The molecule has 0 saturated carbocycles. The zero-order chi connectivity index (χ0) is 23.8. The molecule has 2 aromatic carbocycles. The Morgan fingerprint density at radius 3 is 2.82 bits per heavy atom. The van der Waals surface area contributed by atoms with E-state index in [2.05, 4.69) is 65.5 Å². The molecule has 172 valence electrons. The average molecular weight is 455 g/mol. The molecule has 1 N–H and O–H groups in total.